The van der Waals surface area contributed by atoms with Crippen LogP contribution in [0.2, 0.25) is 0 Å². The largest absolute Gasteiger partial charge is 0.461 e. The molecule has 0 aliphatic carbocycles. The van der Waals surface area contributed by atoms with E-state index in [1.807, 2.05) is 19.9 Å². The van der Waals surface area contributed by atoms with Crippen LogP contribution in [0.3, 0.4) is 0 Å². The van der Waals surface area contributed by atoms with Crippen molar-refractivity contribution in [2.75, 3.05) is 36.9 Å². The Morgan fingerprint density at radius 3 is 2.00 bits per heavy atom. The van der Waals surface area contributed by atoms with Gasteiger partial charge in [-0.05, 0) is 81.5 Å². The fourth-order valence-electron chi connectivity index (χ4n) is 3.40. The number of esters is 1. The quantitative estimate of drug-likeness (QED) is 0.426. The molecule has 0 atom stereocenters. The van der Waals surface area contributed by atoms with E-state index in [1.54, 1.807) is 48.5 Å². The lowest BCUT2D eigenvalue weighted by atomic mass is 10.1. The number of nitrogens with one attached hydrogen (secondary N) is 2. The maximum Gasteiger partial charge on any atom is 0.338 e. The minimum absolute atomic E-state index is 0.247. The Balaban J connectivity index is 1.53. The number of amides is 1. The second-order valence-corrected chi connectivity index (χ2v) is 7.87. The molecular weight excluding hydrogens is 430 g/mol. The molecule has 2 N–H and O–H groups in total. The molecule has 0 saturated heterocycles. The Morgan fingerprint density at radius 1 is 0.853 bits per heavy atom. The van der Waals surface area contributed by atoms with Crippen molar-refractivity contribution in [3.05, 3.63) is 77.1 Å². The SMILES string of the molecule is CCN(CC)CCOC(=O)c1ccc(NC(=O)c2ccc(Nc3nc(C)cc(C)n3)cc2)cc1. The van der Waals surface area contributed by atoms with Crippen LogP contribution >= 0.6 is 0 Å². The molecule has 0 bridgehead atoms. The molecule has 3 aromatic rings. The first-order valence-corrected chi connectivity index (χ1v) is 11.4. The average molecular weight is 462 g/mol. The van der Waals surface area contributed by atoms with Crippen LogP contribution < -0.4 is 10.6 Å². The Kier molecular flexibility index (Phi) is 8.70. The van der Waals surface area contributed by atoms with Crippen LogP contribution in [-0.2, 0) is 4.74 Å². The van der Waals surface area contributed by atoms with E-state index in [-0.39, 0.29) is 11.9 Å². The van der Waals surface area contributed by atoms with Crippen LogP contribution in [0.25, 0.3) is 0 Å². The number of carbonyl (C=O) groups excluding carboxylic acids is 2. The van der Waals surface area contributed by atoms with Gasteiger partial charge in [-0.2, -0.15) is 0 Å². The molecule has 1 heterocycles. The lowest BCUT2D eigenvalue weighted by Gasteiger charge is -2.17. The number of hydrogen-bond acceptors (Lipinski definition) is 7. The molecule has 3 rings (SSSR count). The molecule has 34 heavy (non-hydrogen) atoms. The van der Waals surface area contributed by atoms with Gasteiger partial charge in [-0.25, -0.2) is 14.8 Å². The smallest absolute Gasteiger partial charge is 0.338 e. The van der Waals surface area contributed by atoms with E-state index >= 15 is 0 Å². The van der Waals surface area contributed by atoms with Gasteiger partial charge in [0.2, 0.25) is 5.95 Å². The number of ether oxygens (including phenoxy) is 1. The number of aromatic nitrogens is 2. The van der Waals surface area contributed by atoms with Crippen molar-refractivity contribution in [3.8, 4) is 0 Å². The molecule has 2 aromatic carbocycles. The van der Waals surface area contributed by atoms with Gasteiger partial charge >= 0.3 is 5.97 Å². The molecule has 0 aliphatic heterocycles. The van der Waals surface area contributed by atoms with Crippen LogP contribution in [-0.4, -0.2) is 53.0 Å². The molecule has 0 spiro atoms. The highest BCUT2D eigenvalue weighted by atomic mass is 16.5. The Hall–Kier alpha value is -3.78. The third kappa shape index (κ3) is 7.11. The maximum absolute atomic E-state index is 12.6. The van der Waals surface area contributed by atoms with Crippen LogP contribution in [0.5, 0.6) is 0 Å². The minimum atomic E-state index is -0.374. The highest BCUT2D eigenvalue weighted by molar-refractivity contribution is 6.04. The molecule has 0 unspecified atom stereocenters. The molecule has 0 fully saturated rings. The number of likely N-dealkylation sites (N-methyl/N-ethyl adjacent to an activating group) is 1. The zero-order valence-electron chi connectivity index (χ0n) is 20.1. The van der Waals surface area contributed by atoms with E-state index < -0.39 is 0 Å². The zero-order chi connectivity index (χ0) is 24.5. The fourth-order valence-corrected chi connectivity index (χ4v) is 3.40. The van der Waals surface area contributed by atoms with E-state index in [9.17, 15) is 9.59 Å². The Morgan fingerprint density at radius 2 is 1.41 bits per heavy atom. The van der Waals surface area contributed by atoms with Gasteiger partial charge in [-0.3, -0.25) is 4.79 Å². The molecule has 1 amide bonds. The van der Waals surface area contributed by atoms with Crippen molar-refractivity contribution in [1.29, 1.82) is 0 Å². The number of benzene rings is 2. The van der Waals surface area contributed by atoms with Gasteiger partial charge in [0, 0.05) is 34.9 Å². The summed E-state index contributed by atoms with van der Waals surface area (Å²) < 4.78 is 5.34. The predicted molar refractivity (Wildman–Crippen MR) is 134 cm³/mol. The number of carbonyl (C=O) groups is 2. The van der Waals surface area contributed by atoms with Crippen molar-refractivity contribution >= 4 is 29.2 Å². The summed E-state index contributed by atoms with van der Waals surface area (Å²) in [5.74, 6) is -0.106. The summed E-state index contributed by atoms with van der Waals surface area (Å²) in [4.78, 5) is 35.7. The summed E-state index contributed by atoms with van der Waals surface area (Å²) in [5, 5.41) is 5.98. The minimum Gasteiger partial charge on any atom is -0.461 e. The second kappa shape index (κ2) is 11.9. The van der Waals surface area contributed by atoms with Crippen LogP contribution in [0, 0.1) is 13.8 Å². The zero-order valence-corrected chi connectivity index (χ0v) is 20.1. The van der Waals surface area contributed by atoms with E-state index in [4.69, 9.17) is 4.74 Å². The standard InChI is InChI=1S/C26H31N5O3/c1-5-31(6-2)15-16-34-25(33)21-9-13-22(14-10-21)29-24(32)20-7-11-23(12-8-20)30-26-27-18(3)17-19(4)28-26/h7-14,17H,5-6,15-16H2,1-4H3,(H,29,32)(H,27,28,30). The summed E-state index contributed by atoms with van der Waals surface area (Å²) in [5.41, 5.74) is 4.09. The molecule has 1 aromatic heterocycles. The van der Waals surface area contributed by atoms with Gasteiger partial charge in [0.15, 0.2) is 0 Å². The van der Waals surface area contributed by atoms with Gasteiger partial charge in [-0.15, -0.1) is 0 Å². The molecule has 0 saturated carbocycles. The summed E-state index contributed by atoms with van der Waals surface area (Å²) in [6, 6.07) is 15.6. The third-order valence-corrected chi connectivity index (χ3v) is 5.30. The lowest BCUT2D eigenvalue weighted by Crippen LogP contribution is -2.27. The van der Waals surface area contributed by atoms with Gasteiger partial charge in [0.05, 0.1) is 5.56 Å². The normalized spacial score (nSPS) is 10.7. The monoisotopic (exact) mass is 461 g/mol. The van der Waals surface area contributed by atoms with Gasteiger partial charge in [0.25, 0.3) is 5.91 Å². The van der Waals surface area contributed by atoms with E-state index in [0.29, 0.717) is 35.9 Å². The second-order valence-electron chi connectivity index (χ2n) is 7.87. The Bertz CT molecular complexity index is 1090. The molecule has 8 nitrogen and oxygen atoms in total. The predicted octanol–water partition coefficient (Wildman–Crippen LogP) is 4.59. The van der Waals surface area contributed by atoms with Gasteiger partial charge < -0.3 is 20.3 Å². The van der Waals surface area contributed by atoms with Crippen molar-refractivity contribution in [1.82, 2.24) is 14.9 Å². The number of anilines is 3. The summed E-state index contributed by atoms with van der Waals surface area (Å²) in [7, 11) is 0. The first kappa shape index (κ1) is 24.9. The number of hydrogen-bond donors (Lipinski definition) is 2. The van der Waals surface area contributed by atoms with Crippen molar-refractivity contribution in [3.63, 3.8) is 0 Å². The van der Waals surface area contributed by atoms with E-state index in [2.05, 4.69) is 39.3 Å². The first-order valence-electron chi connectivity index (χ1n) is 11.4. The molecule has 0 aliphatic rings. The maximum atomic E-state index is 12.6. The van der Waals surface area contributed by atoms with Crippen molar-refractivity contribution in [2.45, 2.75) is 27.7 Å². The highest BCUT2D eigenvalue weighted by Crippen LogP contribution is 2.17. The number of aryl methyl sites for hydroxylation is 2. The molecular formula is C26H31N5O3. The summed E-state index contributed by atoms with van der Waals surface area (Å²) in [6.07, 6.45) is 0. The van der Waals surface area contributed by atoms with E-state index in [1.165, 1.54) is 0 Å². The topological polar surface area (TPSA) is 96.5 Å². The van der Waals surface area contributed by atoms with Gasteiger partial charge in [0.1, 0.15) is 6.61 Å². The van der Waals surface area contributed by atoms with Crippen molar-refractivity contribution in [2.24, 2.45) is 0 Å². The van der Waals surface area contributed by atoms with Gasteiger partial charge in [-0.1, -0.05) is 13.8 Å². The van der Waals surface area contributed by atoms with Crippen LogP contribution in [0.1, 0.15) is 46.0 Å². The summed E-state index contributed by atoms with van der Waals surface area (Å²) >= 11 is 0. The average Bonchev–Trinajstić information content (AvgIpc) is 2.82. The van der Waals surface area contributed by atoms with Crippen LogP contribution in [0.15, 0.2) is 54.6 Å². The first-order chi connectivity index (χ1) is 16.4. The van der Waals surface area contributed by atoms with Crippen LogP contribution in [0.4, 0.5) is 17.3 Å². The number of rotatable bonds is 10. The molecule has 8 heteroatoms. The fraction of sp³-hybridized carbons (Fsp3) is 0.308. The van der Waals surface area contributed by atoms with Crippen molar-refractivity contribution < 1.29 is 14.3 Å². The lowest BCUT2D eigenvalue weighted by molar-refractivity contribution is 0.0466. The summed E-state index contributed by atoms with van der Waals surface area (Å²) in [6.45, 7) is 10.9. The highest BCUT2D eigenvalue weighted by Gasteiger charge is 2.10. The molecule has 178 valence electrons. The molecule has 0 radical (unpaired) electrons. The van der Waals surface area contributed by atoms with E-state index in [0.717, 1.165) is 30.2 Å². The number of nitrogens with zero attached hydrogens (tertiary/aromatic N) is 3. The third-order valence-electron chi connectivity index (χ3n) is 5.30. The Labute approximate surface area is 200 Å².